The van der Waals surface area contributed by atoms with E-state index in [1.165, 1.54) is 34.4 Å². The highest BCUT2D eigenvalue weighted by Crippen LogP contribution is 2.47. The molecule has 0 aliphatic heterocycles. The number of aromatic nitrogens is 1. The van der Waals surface area contributed by atoms with Crippen molar-refractivity contribution in [2.24, 2.45) is 0 Å². The van der Waals surface area contributed by atoms with Gasteiger partial charge >= 0.3 is 0 Å². The maximum atomic E-state index is 14.1. The second-order valence-corrected chi connectivity index (χ2v) is 16.2. The van der Waals surface area contributed by atoms with E-state index < -0.39 is 5.41 Å². The molecule has 0 atom stereocenters. The molecule has 0 saturated carbocycles. The van der Waals surface area contributed by atoms with Gasteiger partial charge in [0.25, 0.3) is 0 Å². The SMILES string of the molecule is Fc1ccc(-n2c3ccccc3c3cc(-c4cccc(N(c5ccc(C(c6ccccc6)(c6ccccc6)c6ccccc6)cc5)c5ccccc5-c5ccccc5)c4)ccc32)cc1. The highest BCUT2D eigenvalue weighted by atomic mass is 19.1. The fraction of sp³-hybridized carbons (Fsp3) is 0.0164. The van der Waals surface area contributed by atoms with Crippen molar-refractivity contribution in [3.63, 3.8) is 0 Å². The van der Waals surface area contributed by atoms with Crippen LogP contribution in [0.15, 0.2) is 261 Å². The largest absolute Gasteiger partial charge is 0.310 e. The van der Waals surface area contributed by atoms with Crippen molar-refractivity contribution in [2.75, 3.05) is 4.90 Å². The van der Waals surface area contributed by atoms with Crippen molar-refractivity contribution in [3.05, 3.63) is 289 Å². The van der Waals surface area contributed by atoms with Crippen LogP contribution in [0.5, 0.6) is 0 Å². The molecule has 0 aliphatic rings. The van der Waals surface area contributed by atoms with Crippen LogP contribution in [0.1, 0.15) is 22.3 Å². The summed E-state index contributed by atoms with van der Waals surface area (Å²) in [6.07, 6.45) is 0. The molecule has 0 bridgehead atoms. The zero-order valence-corrected chi connectivity index (χ0v) is 35.1. The van der Waals surface area contributed by atoms with E-state index >= 15 is 0 Å². The number of nitrogens with zero attached hydrogens (tertiary/aromatic N) is 2. The van der Waals surface area contributed by atoms with E-state index in [0.29, 0.717) is 0 Å². The van der Waals surface area contributed by atoms with Gasteiger partial charge in [-0.15, -0.1) is 0 Å². The van der Waals surface area contributed by atoms with Crippen LogP contribution in [-0.4, -0.2) is 4.57 Å². The van der Waals surface area contributed by atoms with Gasteiger partial charge in [-0.2, -0.15) is 0 Å². The van der Waals surface area contributed by atoms with Gasteiger partial charge in [0.2, 0.25) is 0 Å². The van der Waals surface area contributed by atoms with Gasteiger partial charge in [-0.25, -0.2) is 4.39 Å². The Balaban J connectivity index is 1.08. The Kier molecular flexibility index (Phi) is 9.99. The van der Waals surface area contributed by atoms with Crippen LogP contribution in [-0.2, 0) is 5.41 Å². The Morgan fingerprint density at radius 1 is 0.344 bits per heavy atom. The normalized spacial score (nSPS) is 11.5. The third-order valence-corrected chi connectivity index (χ3v) is 12.6. The van der Waals surface area contributed by atoms with Crippen LogP contribution >= 0.6 is 0 Å². The topological polar surface area (TPSA) is 8.17 Å². The fourth-order valence-corrected chi connectivity index (χ4v) is 9.73. The van der Waals surface area contributed by atoms with E-state index in [9.17, 15) is 4.39 Å². The average molecular weight is 823 g/mol. The highest BCUT2D eigenvalue weighted by molar-refractivity contribution is 6.10. The quantitative estimate of drug-likeness (QED) is 0.125. The molecule has 0 aliphatic carbocycles. The lowest BCUT2D eigenvalue weighted by atomic mass is 9.65. The van der Waals surface area contributed by atoms with Crippen molar-refractivity contribution in [3.8, 4) is 27.9 Å². The Hall–Kier alpha value is -8.27. The van der Waals surface area contributed by atoms with Crippen LogP contribution in [0.25, 0.3) is 49.7 Å². The van der Waals surface area contributed by atoms with Crippen molar-refractivity contribution in [2.45, 2.75) is 5.41 Å². The molecular weight excluding hydrogens is 780 g/mol. The first-order valence-electron chi connectivity index (χ1n) is 21.8. The zero-order valence-electron chi connectivity index (χ0n) is 35.1. The van der Waals surface area contributed by atoms with Gasteiger partial charge in [-0.1, -0.05) is 188 Å². The molecule has 0 fully saturated rings. The molecule has 11 aromatic rings. The lowest BCUT2D eigenvalue weighted by molar-refractivity contribution is 0.627. The van der Waals surface area contributed by atoms with Crippen LogP contribution in [0, 0.1) is 5.82 Å². The number of benzene rings is 10. The summed E-state index contributed by atoms with van der Waals surface area (Å²) in [5.74, 6) is -0.247. The van der Waals surface area contributed by atoms with E-state index in [0.717, 1.165) is 66.8 Å². The van der Waals surface area contributed by atoms with E-state index in [2.05, 4.69) is 246 Å². The summed E-state index contributed by atoms with van der Waals surface area (Å²) >= 11 is 0. The molecule has 2 nitrogen and oxygen atoms in total. The summed E-state index contributed by atoms with van der Waals surface area (Å²) in [7, 11) is 0. The first-order valence-corrected chi connectivity index (χ1v) is 21.8. The number of anilines is 3. The average Bonchev–Trinajstić information content (AvgIpc) is 3.70. The van der Waals surface area contributed by atoms with E-state index in [1.807, 2.05) is 12.1 Å². The molecule has 0 radical (unpaired) electrons. The van der Waals surface area contributed by atoms with Crippen molar-refractivity contribution in [1.82, 2.24) is 4.57 Å². The highest BCUT2D eigenvalue weighted by Gasteiger charge is 2.38. The molecule has 3 heteroatoms. The number of hydrogen-bond donors (Lipinski definition) is 0. The van der Waals surface area contributed by atoms with Gasteiger partial charge in [0.15, 0.2) is 0 Å². The van der Waals surface area contributed by atoms with E-state index in [-0.39, 0.29) is 5.82 Å². The van der Waals surface area contributed by atoms with Gasteiger partial charge in [0.05, 0.1) is 22.1 Å². The van der Waals surface area contributed by atoms with E-state index in [1.54, 1.807) is 0 Å². The predicted octanol–water partition coefficient (Wildman–Crippen LogP) is 16.1. The number of fused-ring (bicyclic) bond motifs is 3. The lowest BCUT2D eigenvalue weighted by Crippen LogP contribution is -2.31. The molecular formula is C61H43FN2. The van der Waals surface area contributed by atoms with Gasteiger partial charge in [-0.3, -0.25) is 0 Å². The first-order chi connectivity index (χ1) is 31.7. The molecule has 0 amide bonds. The summed E-state index contributed by atoms with van der Waals surface area (Å²) in [6.45, 7) is 0. The lowest BCUT2D eigenvalue weighted by Gasteiger charge is -2.37. The van der Waals surface area contributed by atoms with Crippen LogP contribution < -0.4 is 4.90 Å². The number of halogens is 1. The number of para-hydroxylation sites is 2. The van der Waals surface area contributed by atoms with Crippen LogP contribution in [0.2, 0.25) is 0 Å². The summed E-state index contributed by atoms with van der Waals surface area (Å²) < 4.78 is 16.3. The van der Waals surface area contributed by atoms with Crippen LogP contribution in [0.3, 0.4) is 0 Å². The molecule has 1 aromatic heterocycles. The molecule has 0 unspecified atom stereocenters. The van der Waals surface area contributed by atoms with Crippen molar-refractivity contribution >= 4 is 38.9 Å². The summed E-state index contributed by atoms with van der Waals surface area (Å²) in [5, 5.41) is 2.29. The van der Waals surface area contributed by atoms with Gasteiger partial charge in [0.1, 0.15) is 5.82 Å². The third kappa shape index (κ3) is 6.75. The molecule has 304 valence electrons. The minimum absolute atomic E-state index is 0.247. The molecule has 64 heavy (non-hydrogen) atoms. The van der Waals surface area contributed by atoms with Gasteiger partial charge in [-0.05, 0) is 112 Å². The van der Waals surface area contributed by atoms with Crippen molar-refractivity contribution in [1.29, 1.82) is 0 Å². The standard InChI is InChI=1S/C61H43FN2/c62-51-35-39-53(40-36-51)64-59-31-16-14-29-56(59)57-43-46(32-41-60(57)64)45-20-17-27-54(42-45)63(58-30-15-13-28-55(58)44-18-5-1-6-19-44)52-37-33-50(34-38-52)61(47-21-7-2-8-22-47,48-23-9-3-10-24-48)49-25-11-4-12-26-49/h1-43H. The predicted molar refractivity (Wildman–Crippen MR) is 265 cm³/mol. The Labute approximate surface area is 373 Å². The second-order valence-electron chi connectivity index (χ2n) is 16.2. The minimum Gasteiger partial charge on any atom is -0.310 e. The summed E-state index contributed by atoms with van der Waals surface area (Å²) in [4.78, 5) is 2.39. The third-order valence-electron chi connectivity index (χ3n) is 12.6. The Morgan fingerprint density at radius 3 is 1.52 bits per heavy atom. The number of hydrogen-bond acceptors (Lipinski definition) is 1. The van der Waals surface area contributed by atoms with Gasteiger partial charge < -0.3 is 9.47 Å². The molecule has 0 saturated heterocycles. The monoisotopic (exact) mass is 822 g/mol. The van der Waals surface area contributed by atoms with Crippen LogP contribution in [0.4, 0.5) is 21.5 Å². The zero-order chi connectivity index (χ0) is 42.9. The second kappa shape index (κ2) is 16.5. The summed E-state index contributed by atoms with van der Waals surface area (Å²) in [5.41, 5.74) is 15.0. The Bertz CT molecular complexity index is 3260. The fourth-order valence-electron chi connectivity index (χ4n) is 9.73. The maximum absolute atomic E-state index is 14.1. The molecule has 10 aromatic carbocycles. The summed E-state index contributed by atoms with van der Waals surface area (Å²) in [6, 6.07) is 91.9. The molecule has 0 N–H and O–H groups in total. The number of rotatable bonds is 10. The molecule has 0 spiro atoms. The van der Waals surface area contributed by atoms with Gasteiger partial charge in [0, 0.05) is 33.4 Å². The molecule has 11 rings (SSSR count). The molecule has 1 heterocycles. The Morgan fingerprint density at radius 2 is 0.859 bits per heavy atom. The smallest absolute Gasteiger partial charge is 0.123 e. The maximum Gasteiger partial charge on any atom is 0.123 e. The van der Waals surface area contributed by atoms with Crippen molar-refractivity contribution < 1.29 is 4.39 Å². The van der Waals surface area contributed by atoms with E-state index in [4.69, 9.17) is 0 Å². The minimum atomic E-state index is -0.562. The first kappa shape index (κ1) is 38.6.